The molecule has 0 bridgehead atoms. The summed E-state index contributed by atoms with van der Waals surface area (Å²) in [7, 11) is 0. The number of hydrogen-bond donors (Lipinski definition) is 2. The number of ether oxygens (including phenoxy) is 1. The smallest absolute Gasteiger partial charge is 0.265 e. The maximum Gasteiger partial charge on any atom is 0.265 e. The Bertz CT molecular complexity index is 460. The third-order valence-corrected chi connectivity index (χ3v) is 3.51. The predicted octanol–water partition coefficient (Wildman–Crippen LogP) is 0.901. The summed E-state index contributed by atoms with van der Waals surface area (Å²) in [6.07, 6.45) is 0. The van der Waals surface area contributed by atoms with Crippen LogP contribution in [0.1, 0.15) is 29.8 Å². The number of nitrogens with two attached hydrogens (primary N) is 1. The molecule has 0 saturated carbocycles. The van der Waals surface area contributed by atoms with Crippen molar-refractivity contribution in [3.63, 3.8) is 0 Å². The molecular weight excluding hydrogens is 242 g/mol. The van der Waals surface area contributed by atoms with E-state index in [0.717, 1.165) is 31.9 Å². The predicted molar refractivity (Wildman–Crippen MR) is 73.4 cm³/mol. The minimum absolute atomic E-state index is 0.0182. The Labute approximate surface area is 113 Å². The van der Waals surface area contributed by atoms with Gasteiger partial charge in [-0.2, -0.15) is 0 Å². The van der Waals surface area contributed by atoms with Gasteiger partial charge < -0.3 is 4.74 Å². The first-order chi connectivity index (χ1) is 9.03. The van der Waals surface area contributed by atoms with Crippen molar-refractivity contribution in [3.8, 4) is 0 Å². The number of benzene rings is 1. The number of carbonyl (C=O) groups is 1. The van der Waals surface area contributed by atoms with E-state index in [-0.39, 0.29) is 11.4 Å². The first-order valence-corrected chi connectivity index (χ1v) is 6.45. The van der Waals surface area contributed by atoms with Gasteiger partial charge in [-0.15, -0.1) is 0 Å². The summed E-state index contributed by atoms with van der Waals surface area (Å²) in [5, 5.41) is 0. The molecule has 5 nitrogen and oxygen atoms in total. The molecule has 0 aromatic heterocycles. The van der Waals surface area contributed by atoms with E-state index >= 15 is 0 Å². The molecule has 2 rings (SSSR count). The molecule has 1 fully saturated rings. The molecule has 1 aliphatic rings. The second-order valence-corrected chi connectivity index (χ2v) is 5.46. The highest BCUT2D eigenvalue weighted by Gasteiger charge is 2.30. The second kappa shape index (κ2) is 5.69. The summed E-state index contributed by atoms with van der Waals surface area (Å²) < 4.78 is 5.51. The monoisotopic (exact) mass is 263 g/mol. The number of nitrogens with one attached hydrogen (secondary N) is 1. The Balaban J connectivity index is 2.12. The van der Waals surface area contributed by atoms with Crippen molar-refractivity contribution >= 4 is 5.91 Å². The van der Waals surface area contributed by atoms with Crippen LogP contribution in [0.2, 0.25) is 0 Å². The molecule has 1 aromatic rings. The van der Waals surface area contributed by atoms with Gasteiger partial charge in [0.05, 0.1) is 13.2 Å². The van der Waals surface area contributed by atoms with Crippen molar-refractivity contribution in [3.05, 3.63) is 35.4 Å². The Hall–Kier alpha value is -1.43. The average molecular weight is 263 g/mol. The number of hydrogen-bond acceptors (Lipinski definition) is 4. The van der Waals surface area contributed by atoms with E-state index in [9.17, 15) is 4.79 Å². The summed E-state index contributed by atoms with van der Waals surface area (Å²) >= 11 is 0. The standard InChI is InChI=1S/C14H21N3O2/c1-14(2)10-19-7-6-17(14)9-11-4-3-5-12(8-11)13(18)16-15/h3-5,8H,6-7,9-10,15H2,1-2H3,(H,16,18). The van der Waals surface area contributed by atoms with Gasteiger partial charge in [-0.25, -0.2) is 5.84 Å². The van der Waals surface area contributed by atoms with Gasteiger partial charge in [-0.05, 0) is 31.5 Å². The lowest BCUT2D eigenvalue weighted by Gasteiger charge is -2.42. The SMILES string of the molecule is CC1(C)COCCN1Cc1cccc(C(=O)NN)c1. The number of morpholine rings is 1. The first kappa shape index (κ1) is 14.0. The normalized spacial score (nSPS) is 19.1. The molecule has 5 heteroatoms. The van der Waals surface area contributed by atoms with Gasteiger partial charge in [0.15, 0.2) is 0 Å². The molecule has 19 heavy (non-hydrogen) atoms. The lowest BCUT2D eigenvalue weighted by molar-refractivity contribution is -0.0552. The minimum atomic E-state index is -0.261. The van der Waals surface area contributed by atoms with Crippen LogP contribution in [-0.2, 0) is 11.3 Å². The maximum absolute atomic E-state index is 11.5. The van der Waals surface area contributed by atoms with Gasteiger partial charge in [0.1, 0.15) is 0 Å². The van der Waals surface area contributed by atoms with Gasteiger partial charge in [0, 0.05) is 24.2 Å². The van der Waals surface area contributed by atoms with Crippen LogP contribution in [0.5, 0.6) is 0 Å². The summed E-state index contributed by atoms with van der Waals surface area (Å²) in [4.78, 5) is 13.9. The highest BCUT2D eigenvalue weighted by Crippen LogP contribution is 2.21. The molecule has 0 spiro atoms. The van der Waals surface area contributed by atoms with Crippen LogP contribution >= 0.6 is 0 Å². The Morgan fingerprint density at radius 2 is 2.32 bits per heavy atom. The Morgan fingerprint density at radius 3 is 3.00 bits per heavy atom. The van der Waals surface area contributed by atoms with E-state index in [0.29, 0.717) is 5.56 Å². The van der Waals surface area contributed by atoms with Crippen LogP contribution in [0.15, 0.2) is 24.3 Å². The fraction of sp³-hybridized carbons (Fsp3) is 0.500. The van der Waals surface area contributed by atoms with Crippen LogP contribution in [0.3, 0.4) is 0 Å². The summed E-state index contributed by atoms with van der Waals surface area (Å²) in [6.45, 7) is 7.54. The molecule has 104 valence electrons. The van der Waals surface area contributed by atoms with Gasteiger partial charge in [-0.1, -0.05) is 12.1 Å². The van der Waals surface area contributed by atoms with E-state index in [1.807, 2.05) is 18.2 Å². The molecular formula is C14H21N3O2. The molecule has 1 aromatic carbocycles. The first-order valence-electron chi connectivity index (χ1n) is 6.45. The second-order valence-electron chi connectivity index (χ2n) is 5.46. The Morgan fingerprint density at radius 1 is 1.53 bits per heavy atom. The highest BCUT2D eigenvalue weighted by molar-refractivity contribution is 5.93. The number of carbonyl (C=O) groups excluding carboxylic acids is 1. The van der Waals surface area contributed by atoms with Crippen molar-refractivity contribution < 1.29 is 9.53 Å². The summed E-state index contributed by atoms with van der Waals surface area (Å²) in [5.74, 6) is 4.89. The lowest BCUT2D eigenvalue weighted by Crippen LogP contribution is -2.52. The average Bonchev–Trinajstić information content (AvgIpc) is 2.40. The fourth-order valence-electron chi connectivity index (χ4n) is 2.30. The molecule has 0 radical (unpaired) electrons. The number of amides is 1. The van der Waals surface area contributed by atoms with Crippen molar-refractivity contribution in [2.45, 2.75) is 25.9 Å². The molecule has 0 atom stereocenters. The number of hydrazine groups is 1. The van der Waals surface area contributed by atoms with Crippen LogP contribution in [0, 0.1) is 0 Å². The molecule has 1 saturated heterocycles. The van der Waals surface area contributed by atoms with E-state index in [1.165, 1.54) is 0 Å². The van der Waals surface area contributed by atoms with Crippen LogP contribution in [0.4, 0.5) is 0 Å². The van der Waals surface area contributed by atoms with E-state index in [2.05, 4.69) is 24.2 Å². The van der Waals surface area contributed by atoms with Crippen LogP contribution < -0.4 is 11.3 Å². The number of nitrogens with zero attached hydrogens (tertiary/aromatic N) is 1. The van der Waals surface area contributed by atoms with Gasteiger partial charge in [0.25, 0.3) is 5.91 Å². The van der Waals surface area contributed by atoms with Gasteiger partial charge >= 0.3 is 0 Å². The Kier molecular flexibility index (Phi) is 4.19. The third-order valence-electron chi connectivity index (χ3n) is 3.51. The molecule has 1 aliphatic heterocycles. The molecule has 1 amide bonds. The highest BCUT2D eigenvalue weighted by atomic mass is 16.5. The number of rotatable bonds is 3. The van der Waals surface area contributed by atoms with Crippen molar-refractivity contribution in [2.75, 3.05) is 19.8 Å². The van der Waals surface area contributed by atoms with Crippen LogP contribution in [0.25, 0.3) is 0 Å². The molecule has 1 heterocycles. The van der Waals surface area contributed by atoms with Gasteiger partial charge in [0.2, 0.25) is 0 Å². The van der Waals surface area contributed by atoms with Gasteiger partial charge in [-0.3, -0.25) is 15.1 Å². The molecule has 0 aliphatic carbocycles. The van der Waals surface area contributed by atoms with Crippen molar-refractivity contribution in [1.29, 1.82) is 0 Å². The lowest BCUT2D eigenvalue weighted by atomic mass is 10.0. The maximum atomic E-state index is 11.5. The van der Waals surface area contributed by atoms with E-state index in [1.54, 1.807) is 6.07 Å². The zero-order chi connectivity index (χ0) is 13.9. The van der Waals surface area contributed by atoms with Crippen LogP contribution in [-0.4, -0.2) is 36.1 Å². The largest absolute Gasteiger partial charge is 0.378 e. The van der Waals surface area contributed by atoms with E-state index in [4.69, 9.17) is 10.6 Å². The van der Waals surface area contributed by atoms with E-state index < -0.39 is 0 Å². The third kappa shape index (κ3) is 3.32. The minimum Gasteiger partial charge on any atom is -0.378 e. The van der Waals surface area contributed by atoms with Crippen molar-refractivity contribution in [2.24, 2.45) is 5.84 Å². The summed E-state index contributed by atoms with van der Waals surface area (Å²) in [6, 6.07) is 7.55. The number of nitrogen functional groups attached to an aromatic ring is 1. The quantitative estimate of drug-likeness (QED) is 0.483. The zero-order valence-corrected chi connectivity index (χ0v) is 11.5. The molecule has 3 N–H and O–H groups in total. The van der Waals surface area contributed by atoms with Crippen molar-refractivity contribution in [1.82, 2.24) is 10.3 Å². The zero-order valence-electron chi connectivity index (χ0n) is 11.5. The fourth-order valence-corrected chi connectivity index (χ4v) is 2.30. The summed E-state index contributed by atoms with van der Waals surface area (Å²) in [5.41, 5.74) is 3.87. The topological polar surface area (TPSA) is 67.6 Å². The molecule has 0 unspecified atom stereocenters.